The molecule has 1 aromatic carbocycles. The molecule has 1 aliphatic rings. The van der Waals surface area contributed by atoms with Crippen molar-refractivity contribution in [2.24, 2.45) is 5.92 Å². The Morgan fingerprint density at radius 3 is 2.93 bits per heavy atom. The van der Waals surface area contributed by atoms with Crippen LogP contribution in [0.3, 0.4) is 0 Å². The van der Waals surface area contributed by atoms with Crippen LogP contribution in [0.5, 0.6) is 0 Å². The number of fused-ring (bicyclic) bond motifs is 1. The van der Waals surface area contributed by atoms with Crippen molar-refractivity contribution in [2.75, 3.05) is 18.8 Å². The van der Waals surface area contributed by atoms with Crippen molar-refractivity contribution in [3.05, 3.63) is 41.8 Å². The molecule has 0 saturated carbocycles. The van der Waals surface area contributed by atoms with Gasteiger partial charge in [-0.05, 0) is 36.5 Å². The van der Waals surface area contributed by atoms with E-state index in [0.29, 0.717) is 11.7 Å². The lowest BCUT2D eigenvalue weighted by Crippen LogP contribution is -2.40. The molecule has 0 radical (unpaired) electrons. The molecule has 0 bridgehead atoms. The number of benzene rings is 1. The van der Waals surface area contributed by atoms with Crippen LogP contribution >= 0.6 is 23.1 Å². The van der Waals surface area contributed by atoms with Gasteiger partial charge < -0.3 is 4.90 Å². The molecule has 1 amide bonds. The summed E-state index contributed by atoms with van der Waals surface area (Å²) in [6, 6.07) is 6.43. The van der Waals surface area contributed by atoms with Gasteiger partial charge >= 0.3 is 0 Å². The smallest absolute Gasteiger partial charge is 0.232 e. The largest absolute Gasteiger partial charge is 0.342 e. The van der Waals surface area contributed by atoms with Gasteiger partial charge in [-0.25, -0.2) is 14.4 Å². The maximum Gasteiger partial charge on any atom is 0.232 e. The van der Waals surface area contributed by atoms with Crippen molar-refractivity contribution in [1.29, 1.82) is 0 Å². The molecule has 1 unspecified atom stereocenters. The highest BCUT2D eigenvalue weighted by atomic mass is 32.2. The first-order chi connectivity index (χ1) is 13.1. The molecular formula is C20H20FN3OS2. The SMILES string of the molecule is CC1CCCN(C(=O)CSc2ncnc3scc(-c4ccc(F)cc4)c23)C1. The minimum Gasteiger partial charge on any atom is -0.342 e. The van der Waals surface area contributed by atoms with E-state index in [1.807, 2.05) is 10.3 Å². The minimum atomic E-state index is -0.259. The standard InChI is InChI=1S/C20H20FN3OS2/c1-13-3-2-8-24(9-13)17(25)11-27-20-18-16(10-26-19(18)22-12-23-20)14-4-6-15(21)7-5-14/h4-7,10,12-13H,2-3,8-9,11H2,1H3. The number of piperidine rings is 1. The summed E-state index contributed by atoms with van der Waals surface area (Å²) in [5.74, 6) is 0.847. The number of likely N-dealkylation sites (tertiary alicyclic amines) is 1. The molecule has 1 aliphatic heterocycles. The second-order valence-electron chi connectivity index (χ2n) is 6.89. The number of aromatic nitrogens is 2. The number of hydrogen-bond acceptors (Lipinski definition) is 5. The van der Waals surface area contributed by atoms with Crippen molar-refractivity contribution in [3.8, 4) is 11.1 Å². The summed E-state index contributed by atoms with van der Waals surface area (Å²) in [5.41, 5.74) is 1.91. The van der Waals surface area contributed by atoms with Crippen molar-refractivity contribution in [2.45, 2.75) is 24.8 Å². The van der Waals surface area contributed by atoms with Gasteiger partial charge in [0.2, 0.25) is 5.91 Å². The van der Waals surface area contributed by atoms with E-state index in [0.717, 1.165) is 45.9 Å². The molecule has 3 heterocycles. The van der Waals surface area contributed by atoms with Crippen LogP contribution in [0.4, 0.5) is 4.39 Å². The van der Waals surface area contributed by atoms with Crippen LogP contribution < -0.4 is 0 Å². The van der Waals surface area contributed by atoms with Crippen LogP contribution in [-0.2, 0) is 4.79 Å². The Kier molecular flexibility index (Phi) is 5.41. The fourth-order valence-electron chi connectivity index (χ4n) is 3.44. The molecule has 2 aromatic heterocycles. The Hall–Kier alpha value is -1.99. The van der Waals surface area contributed by atoms with E-state index in [1.165, 1.54) is 41.7 Å². The highest BCUT2D eigenvalue weighted by Crippen LogP contribution is 2.38. The lowest BCUT2D eigenvalue weighted by atomic mass is 10.0. The number of thioether (sulfide) groups is 1. The molecule has 3 aromatic rings. The zero-order chi connectivity index (χ0) is 18.8. The number of thiophene rings is 1. The van der Waals surface area contributed by atoms with Crippen LogP contribution in [-0.4, -0.2) is 39.6 Å². The predicted molar refractivity (Wildman–Crippen MR) is 109 cm³/mol. The third kappa shape index (κ3) is 3.99. The molecule has 27 heavy (non-hydrogen) atoms. The average Bonchev–Trinajstić information content (AvgIpc) is 3.11. The van der Waals surface area contributed by atoms with Gasteiger partial charge in [0.15, 0.2) is 0 Å². The molecule has 1 atom stereocenters. The summed E-state index contributed by atoms with van der Waals surface area (Å²) < 4.78 is 13.3. The average molecular weight is 402 g/mol. The number of carbonyl (C=O) groups excluding carboxylic acids is 1. The highest BCUT2D eigenvalue weighted by molar-refractivity contribution is 8.00. The van der Waals surface area contributed by atoms with E-state index < -0.39 is 0 Å². The van der Waals surface area contributed by atoms with Gasteiger partial charge in [0.25, 0.3) is 0 Å². The number of carbonyl (C=O) groups is 1. The minimum absolute atomic E-state index is 0.164. The second-order valence-corrected chi connectivity index (χ2v) is 8.71. The Bertz CT molecular complexity index is 958. The van der Waals surface area contributed by atoms with Crippen LogP contribution in [0.1, 0.15) is 19.8 Å². The van der Waals surface area contributed by atoms with Gasteiger partial charge in [0, 0.05) is 24.0 Å². The van der Waals surface area contributed by atoms with Gasteiger partial charge in [0.05, 0.1) is 11.1 Å². The van der Waals surface area contributed by atoms with Crippen molar-refractivity contribution in [3.63, 3.8) is 0 Å². The highest BCUT2D eigenvalue weighted by Gasteiger charge is 2.22. The molecule has 140 valence electrons. The Balaban J connectivity index is 1.57. The van der Waals surface area contributed by atoms with E-state index >= 15 is 0 Å². The van der Waals surface area contributed by atoms with E-state index in [2.05, 4.69) is 16.9 Å². The first kappa shape index (κ1) is 18.4. The molecular weight excluding hydrogens is 381 g/mol. The third-order valence-electron chi connectivity index (χ3n) is 4.83. The zero-order valence-electron chi connectivity index (χ0n) is 15.0. The molecule has 1 saturated heterocycles. The van der Waals surface area contributed by atoms with Crippen LogP contribution in [0, 0.1) is 11.7 Å². The predicted octanol–water partition coefficient (Wildman–Crippen LogP) is 4.85. The summed E-state index contributed by atoms with van der Waals surface area (Å²) >= 11 is 3.00. The maximum absolute atomic E-state index is 13.3. The zero-order valence-corrected chi connectivity index (χ0v) is 16.7. The molecule has 7 heteroatoms. The first-order valence-corrected chi connectivity index (χ1v) is 10.9. The first-order valence-electron chi connectivity index (χ1n) is 9.00. The normalized spacial score (nSPS) is 17.4. The summed E-state index contributed by atoms with van der Waals surface area (Å²) in [4.78, 5) is 24.2. The van der Waals surface area contributed by atoms with Crippen molar-refractivity contribution in [1.82, 2.24) is 14.9 Å². The summed E-state index contributed by atoms with van der Waals surface area (Å²) in [6.07, 6.45) is 3.82. The monoisotopic (exact) mass is 401 g/mol. The number of hydrogen-bond donors (Lipinski definition) is 0. The van der Waals surface area contributed by atoms with E-state index in [-0.39, 0.29) is 11.7 Å². The van der Waals surface area contributed by atoms with Crippen LogP contribution in [0.15, 0.2) is 41.0 Å². The van der Waals surface area contributed by atoms with Gasteiger partial charge in [-0.3, -0.25) is 4.79 Å². The van der Waals surface area contributed by atoms with Gasteiger partial charge in [-0.15, -0.1) is 11.3 Å². The van der Waals surface area contributed by atoms with Crippen molar-refractivity contribution < 1.29 is 9.18 Å². The van der Waals surface area contributed by atoms with E-state index in [1.54, 1.807) is 18.5 Å². The summed E-state index contributed by atoms with van der Waals surface area (Å²) in [6.45, 7) is 3.89. The molecule has 0 aliphatic carbocycles. The fourth-order valence-corrected chi connectivity index (χ4v) is 5.33. The van der Waals surface area contributed by atoms with Crippen LogP contribution in [0.25, 0.3) is 21.3 Å². The number of amides is 1. The Morgan fingerprint density at radius 1 is 1.33 bits per heavy atom. The molecule has 4 rings (SSSR count). The summed E-state index contributed by atoms with van der Waals surface area (Å²) in [5, 5.41) is 3.77. The lowest BCUT2D eigenvalue weighted by Gasteiger charge is -2.30. The fraction of sp³-hybridized carbons (Fsp3) is 0.350. The van der Waals surface area contributed by atoms with Gasteiger partial charge in [-0.1, -0.05) is 30.8 Å². The molecule has 1 fully saturated rings. The lowest BCUT2D eigenvalue weighted by molar-refractivity contribution is -0.130. The van der Waals surface area contributed by atoms with Crippen molar-refractivity contribution >= 4 is 39.2 Å². The molecule has 0 spiro atoms. The molecule has 4 nitrogen and oxygen atoms in total. The quantitative estimate of drug-likeness (QED) is 0.463. The summed E-state index contributed by atoms with van der Waals surface area (Å²) in [7, 11) is 0. The van der Waals surface area contributed by atoms with E-state index in [9.17, 15) is 9.18 Å². The van der Waals surface area contributed by atoms with Crippen LogP contribution in [0.2, 0.25) is 0 Å². The molecule has 0 N–H and O–H groups in total. The third-order valence-corrected chi connectivity index (χ3v) is 6.69. The Morgan fingerprint density at radius 2 is 2.15 bits per heavy atom. The second kappa shape index (κ2) is 7.94. The number of nitrogens with zero attached hydrogens (tertiary/aromatic N) is 3. The Labute approximate surface area is 165 Å². The van der Waals surface area contributed by atoms with Gasteiger partial charge in [0.1, 0.15) is 22.0 Å². The van der Waals surface area contributed by atoms with Gasteiger partial charge in [-0.2, -0.15) is 0 Å². The topological polar surface area (TPSA) is 46.1 Å². The maximum atomic E-state index is 13.3. The number of halogens is 1. The number of rotatable bonds is 4. The van der Waals surface area contributed by atoms with E-state index in [4.69, 9.17) is 0 Å².